The molecular weight excluding hydrogens is 342 g/mol. The Bertz CT molecular complexity index is 883. The molecule has 8 heteroatoms. The normalized spacial score (nSPS) is 11.8. The Morgan fingerprint density at radius 3 is 2.32 bits per heavy atom. The maximum absolute atomic E-state index is 12.8. The number of anilines is 1. The Balaban J connectivity index is 2.43. The van der Waals surface area contributed by atoms with Gasteiger partial charge in [-0.3, -0.25) is 4.79 Å². The SMILES string of the molecule is CCN(CC)S(=O)(=O)c1cc(C)c(C)c(NC(=O)c2cc(C)no2)c1. The Labute approximate surface area is 148 Å². The van der Waals surface area contributed by atoms with Crippen molar-refractivity contribution in [1.29, 1.82) is 0 Å². The molecule has 7 nitrogen and oxygen atoms in total. The number of carbonyl (C=O) groups excluding carboxylic acids is 1. The molecule has 0 aliphatic heterocycles. The number of rotatable bonds is 6. The van der Waals surface area contributed by atoms with Gasteiger partial charge in [-0.05, 0) is 44.0 Å². The van der Waals surface area contributed by atoms with E-state index in [1.807, 2.05) is 13.8 Å². The second-order valence-electron chi connectivity index (χ2n) is 5.79. The number of nitrogens with one attached hydrogen (secondary N) is 1. The summed E-state index contributed by atoms with van der Waals surface area (Å²) in [6.45, 7) is 9.69. The van der Waals surface area contributed by atoms with Gasteiger partial charge < -0.3 is 9.84 Å². The van der Waals surface area contributed by atoms with Crippen LogP contribution in [-0.4, -0.2) is 36.9 Å². The van der Waals surface area contributed by atoms with E-state index >= 15 is 0 Å². The van der Waals surface area contributed by atoms with E-state index in [0.717, 1.165) is 11.1 Å². The summed E-state index contributed by atoms with van der Waals surface area (Å²) in [5.41, 5.74) is 2.60. The van der Waals surface area contributed by atoms with Crippen LogP contribution < -0.4 is 5.32 Å². The van der Waals surface area contributed by atoms with Gasteiger partial charge in [-0.1, -0.05) is 19.0 Å². The zero-order chi connectivity index (χ0) is 18.8. The fourth-order valence-corrected chi connectivity index (χ4v) is 4.04. The molecule has 0 fully saturated rings. The Hall–Kier alpha value is -2.19. The molecule has 0 aliphatic carbocycles. The lowest BCUT2D eigenvalue weighted by atomic mass is 10.1. The third-order valence-corrected chi connectivity index (χ3v) is 6.11. The number of aryl methyl sites for hydroxylation is 2. The lowest BCUT2D eigenvalue weighted by molar-refractivity contribution is 0.0987. The first-order valence-corrected chi connectivity index (χ1v) is 9.50. The maximum atomic E-state index is 12.8. The number of nitrogens with zero attached hydrogens (tertiary/aromatic N) is 2. The number of amides is 1. The molecule has 136 valence electrons. The molecule has 2 aromatic rings. The van der Waals surface area contributed by atoms with Crippen molar-refractivity contribution < 1.29 is 17.7 Å². The van der Waals surface area contributed by atoms with Crippen LogP contribution in [0.5, 0.6) is 0 Å². The lowest BCUT2D eigenvalue weighted by Gasteiger charge is -2.20. The van der Waals surface area contributed by atoms with Crippen LogP contribution in [-0.2, 0) is 10.0 Å². The molecule has 0 spiro atoms. The Morgan fingerprint density at radius 2 is 1.80 bits per heavy atom. The number of carbonyl (C=O) groups is 1. The predicted molar refractivity (Wildman–Crippen MR) is 95.2 cm³/mol. The maximum Gasteiger partial charge on any atom is 0.294 e. The largest absolute Gasteiger partial charge is 0.351 e. The van der Waals surface area contributed by atoms with E-state index in [4.69, 9.17) is 4.52 Å². The van der Waals surface area contributed by atoms with Crippen LogP contribution >= 0.6 is 0 Å². The van der Waals surface area contributed by atoms with Gasteiger partial charge in [0.2, 0.25) is 15.8 Å². The average Bonchev–Trinajstić information content (AvgIpc) is 2.99. The minimum atomic E-state index is -3.61. The van der Waals surface area contributed by atoms with Crippen LogP contribution in [0.1, 0.15) is 41.2 Å². The van der Waals surface area contributed by atoms with Crippen molar-refractivity contribution in [3.63, 3.8) is 0 Å². The van der Waals surface area contributed by atoms with Gasteiger partial charge in [-0.15, -0.1) is 0 Å². The molecule has 2 rings (SSSR count). The van der Waals surface area contributed by atoms with Gasteiger partial charge in [0.1, 0.15) is 0 Å². The van der Waals surface area contributed by atoms with Crippen molar-refractivity contribution in [1.82, 2.24) is 9.46 Å². The number of benzene rings is 1. The molecule has 0 bridgehead atoms. The smallest absolute Gasteiger partial charge is 0.294 e. The molecule has 0 unspecified atom stereocenters. The molecular formula is C17H23N3O4S. The van der Waals surface area contributed by atoms with E-state index in [-0.39, 0.29) is 10.7 Å². The highest BCUT2D eigenvalue weighted by Gasteiger charge is 2.24. The van der Waals surface area contributed by atoms with Gasteiger partial charge >= 0.3 is 0 Å². The topological polar surface area (TPSA) is 92.5 Å². The summed E-state index contributed by atoms with van der Waals surface area (Å²) in [6.07, 6.45) is 0. The van der Waals surface area contributed by atoms with E-state index < -0.39 is 15.9 Å². The highest BCUT2D eigenvalue weighted by Crippen LogP contribution is 2.26. The van der Waals surface area contributed by atoms with Crippen LogP contribution in [0.25, 0.3) is 0 Å². The number of hydrogen-bond acceptors (Lipinski definition) is 5. The molecule has 0 saturated carbocycles. The minimum absolute atomic E-state index is 0.0755. The van der Waals surface area contributed by atoms with Gasteiger partial charge in [0.15, 0.2) is 0 Å². The first-order valence-electron chi connectivity index (χ1n) is 8.06. The number of aromatic nitrogens is 1. The summed E-state index contributed by atoms with van der Waals surface area (Å²) < 4.78 is 31.8. The molecule has 0 saturated heterocycles. The van der Waals surface area contributed by atoms with E-state index in [9.17, 15) is 13.2 Å². The van der Waals surface area contributed by atoms with E-state index in [1.54, 1.807) is 26.8 Å². The second-order valence-corrected chi connectivity index (χ2v) is 7.73. The first-order chi connectivity index (χ1) is 11.7. The van der Waals surface area contributed by atoms with Crippen LogP contribution in [0.2, 0.25) is 0 Å². The summed E-state index contributed by atoms with van der Waals surface area (Å²) in [7, 11) is -3.61. The molecule has 0 radical (unpaired) electrons. The minimum Gasteiger partial charge on any atom is -0.351 e. The summed E-state index contributed by atoms with van der Waals surface area (Å²) in [5.74, 6) is -0.396. The van der Waals surface area contributed by atoms with Crippen molar-refractivity contribution in [2.45, 2.75) is 39.5 Å². The average molecular weight is 365 g/mol. The van der Waals surface area contributed by atoms with Crippen LogP contribution in [0.3, 0.4) is 0 Å². The number of sulfonamides is 1. The fraction of sp³-hybridized carbons (Fsp3) is 0.412. The molecule has 25 heavy (non-hydrogen) atoms. The molecule has 1 aromatic carbocycles. The fourth-order valence-electron chi connectivity index (χ4n) is 2.47. The van der Waals surface area contributed by atoms with Gasteiger partial charge in [0.05, 0.1) is 10.6 Å². The monoisotopic (exact) mass is 365 g/mol. The van der Waals surface area contributed by atoms with E-state index in [2.05, 4.69) is 10.5 Å². The summed E-state index contributed by atoms with van der Waals surface area (Å²) in [6, 6.07) is 4.63. The highest BCUT2D eigenvalue weighted by molar-refractivity contribution is 7.89. The first kappa shape index (κ1) is 19.1. The molecule has 0 atom stereocenters. The van der Waals surface area contributed by atoms with Crippen LogP contribution in [0.4, 0.5) is 5.69 Å². The van der Waals surface area contributed by atoms with Crippen molar-refractivity contribution in [2.24, 2.45) is 0 Å². The van der Waals surface area contributed by atoms with E-state index in [0.29, 0.717) is 24.5 Å². The zero-order valence-corrected chi connectivity index (χ0v) is 15.9. The zero-order valence-electron chi connectivity index (χ0n) is 15.1. The Kier molecular flexibility index (Phi) is 5.64. The van der Waals surface area contributed by atoms with Gasteiger partial charge in [-0.25, -0.2) is 8.42 Å². The van der Waals surface area contributed by atoms with Crippen molar-refractivity contribution in [2.75, 3.05) is 18.4 Å². The van der Waals surface area contributed by atoms with Gasteiger partial charge in [0, 0.05) is 24.8 Å². The quantitative estimate of drug-likeness (QED) is 0.850. The molecule has 1 heterocycles. The third kappa shape index (κ3) is 3.91. The molecule has 1 aromatic heterocycles. The van der Waals surface area contributed by atoms with Gasteiger partial charge in [0.25, 0.3) is 5.91 Å². The molecule has 0 aliphatic rings. The summed E-state index contributed by atoms with van der Waals surface area (Å²) in [4.78, 5) is 12.4. The van der Waals surface area contributed by atoms with Crippen molar-refractivity contribution in [3.8, 4) is 0 Å². The lowest BCUT2D eigenvalue weighted by Crippen LogP contribution is -2.30. The Morgan fingerprint density at radius 1 is 1.16 bits per heavy atom. The predicted octanol–water partition coefficient (Wildman–Crippen LogP) is 2.88. The standard InChI is InChI=1S/C17H23N3O4S/c1-6-20(7-2)25(22,23)14-8-11(3)13(5)15(10-14)18-17(21)16-9-12(4)19-24-16/h8-10H,6-7H2,1-5H3,(H,18,21). The highest BCUT2D eigenvalue weighted by atomic mass is 32.2. The second kappa shape index (κ2) is 7.37. The molecule has 1 amide bonds. The van der Waals surface area contributed by atoms with Crippen molar-refractivity contribution in [3.05, 3.63) is 40.8 Å². The third-order valence-electron chi connectivity index (χ3n) is 4.08. The van der Waals surface area contributed by atoms with E-state index in [1.165, 1.54) is 16.4 Å². The van der Waals surface area contributed by atoms with Crippen LogP contribution in [0, 0.1) is 20.8 Å². The van der Waals surface area contributed by atoms with Crippen molar-refractivity contribution >= 4 is 21.6 Å². The summed E-state index contributed by atoms with van der Waals surface area (Å²) >= 11 is 0. The molecule has 1 N–H and O–H groups in total. The summed E-state index contributed by atoms with van der Waals surface area (Å²) in [5, 5.41) is 6.40. The van der Waals surface area contributed by atoms with Gasteiger partial charge in [-0.2, -0.15) is 4.31 Å². The van der Waals surface area contributed by atoms with Crippen LogP contribution in [0.15, 0.2) is 27.6 Å². The number of hydrogen-bond donors (Lipinski definition) is 1.